The van der Waals surface area contributed by atoms with Crippen molar-refractivity contribution in [1.82, 2.24) is 5.32 Å². The van der Waals surface area contributed by atoms with Crippen molar-refractivity contribution >= 4 is 45.8 Å². The molecule has 2 N–H and O–H groups in total. The van der Waals surface area contributed by atoms with Gasteiger partial charge >= 0.3 is 0 Å². The van der Waals surface area contributed by atoms with Crippen LogP contribution in [0.25, 0.3) is 16.8 Å². The predicted octanol–water partition coefficient (Wildman–Crippen LogP) is 4.27. The lowest BCUT2D eigenvalue weighted by atomic mass is 10.1. The monoisotopic (exact) mass is 336 g/mol. The first-order valence-corrected chi connectivity index (χ1v) is 7.87. The van der Waals surface area contributed by atoms with Gasteiger partial charge < -0.3 is 9.73 Å². The van der Waals surface area contributed by atoms with Gasteiger partial charge in [-0.05, 0) is 48.8 Å². The van der Waals surface area contributed by atoms with E-state index in [1.54, 1.807) is 12.1 Å². The van der Waals surface area contributed by atoms with Crippen molar-refractivity contribution < 1.29 is 9.21 Å². The van der Waals surface area contributed by atoms with Crippen LogP contribution in [-0.2, 0) is 4.79 Å². The van der Waals surface area contributed by atoms with Crippen LogP contribution >= 0.6 is 12.2 Å². The van der Waals surface area contributed by atoms with Gasteiger partial charge in [0.05, 0.1) is 0 Å². The summed E-state index contributed by atoms with van der Waals surface area (Å²) in [5.41, 5.74) is 0.851. The Kier molecular flexibility index (Phi) is 4.72. The summed E-state index contributed by atoms with van der Waals surface area (Å²) in [4.78, 5) is 11.9. The number of anilines is 1. The number of thiocarbonyl (C=S) groups is 1. The minimum atomic E-state index is -0.318. The number of carbonyl (C=O) groups excluding carboxylic acids is 1. The van der Waals surface area contributed by atoms with Gasteiger partial charge in [0, 0.05) is 17.1 Å². The van der Waals surface area contributed by atoms with Gasteiger partial charge in [-0.1, -0.05) is 36.4 Å². The molecule has 0 aliphatic heterocycles. The van der Waals surface area contributed by atoms with E-state index in [4.69, 9.17) is 16.6 Å². The third kappa shape index (κ3) is 3.88. The van der Waals surface area contributed by atoms with Crippen LogP contribution in [0.2, 0.25) is 0 Å². The molecule has 1 amide bonds. The number of amides is 1. The highest BCUT2D eigenvalue weighted by Crippen LogP contribution is 2.22. The zero-order valence-electron chi connectivity index (χ0n) is 13.1. The average molecular weight is 336 g/mol. The third-order valence-corrected chi connectivity index (χ3v) is 3.64. The Morgan fingerprint density at radius 3 is 2.67 bits per heavy atom. The van der Waals surface area contributed by atoms with Gasteiger partial charge in [0.25, 0.3) is 0 Å². The molecule has 0 fully saturated rings. The maximum atomic E-state index is 11.9. The summed E-state index contributed by atoms with van der Waals surface area (Å²) in [6, 6.07) is 17.5. The standard InChI is InChI=1S/C19H16N2O2S/c1-13-9-10-15(23-13)11-12-18(22)21-19(24)20-17-8-4-6-14-5-2-3-7-16(14)17/h2-12H,1H3,(H2,20,21,22,24)/b12-11+. The lowest BCUT2D eigenvalue weighted by molar-refractivity contribution is -0.115. The van der Waals surface area contributed by atoms with Crippen molar-refractivity contribution in [3.8, 4) is 0 Å². The van der Waals surface area contributed by atoms with Crippen molar-refractivity contribution in [1.29, 1.82) is 0 Å². The van der Waals surface area contributed by atoms with Crippen LogP contribution in [-0.4, -0.2) is 11.0 Å². The number of benzene rings is 2. The maximum Gasteiger partial charge on any atom is 0.250 e. The number of hydrogen-bond donors (Lipinski definition) is 2. The molecule has 1 aromatic heterocycles. The van der Waals surface area contributed by atoms with E-state index in [1.807, 2.05) is 55.5 Å². The summed E-state index contributed by atoms with van der Waals surface area (Å²) >= 11 is 5.21. The van der Waals surface area contributed by atoms with Gasteiger partial charge in [-0.3, -0.25) is 10.1 Å². The second-order valence-electron chi connectivity index (χ2n) is 5.25. The largest absolute Gasteiger partial charge is 0.462 e. The SMILES string of the molecule is Cc1ccc(/C=C/C(=O)NC(=S)Nc2cccc3ccccc23)o1. The lowest BCUT2D eigenvalue weighted by Crippen LogP contribution is -2.32. The number of fused-ring (bicyclic) bond motifs is 1. The minimum Gasteiger partial charge on any atom is -0.462 e. The third-order valence-electron chi connectivity index (χ3n) is 3.43. The van der Waals surface area contributed by atoms with Gasteiger partial charge in [0.1, 0.15) is 11.5 Å². The van der Waals surface area contributed by atoms with Gasteiger partial charge in [0.15, 0.2) is 5.11 Å². The summed E-state index contributed by atoms with van der Waals surface area (Å²) in [6.07, 6.45) is 2.98. The van der Waals surface area contributed by atoms with E-state index in [2.05, 4.69) is 10.6 Å². The molecule has 0 atom stereocenters. The molecule has 3 aromatic rings. The molecule has 4 nitrogen and oxygen atoms in total. The molecule has 0 unspecified atom stereocenters. The zero-order valence-corrected chi connectivity index (χ0v) is 13.9. The molecule has 3 rings (SSSR count). The number of aryl methyl sites for hydroxylation is 1. The van der Waals surface area contributed by atoms with Gasteiger partial charge in [-0.15, -0.1) is 0 Å². The normalized spacial score (nSPS) is 10.9. The van der Waals surface area contributed by atoms with Crippen molar-refractivity contribution in [2.24, 2.45) is 0 Å². The van der Waals surface area contributed by atoms with E-state index in [-0.39, 0.29) is 11.0 Å². The Labute approximate surface area is 145 Å². The van der Waals surface area contributed by atoms with E-state index in [1.165, 1.54) is 6.08 Å². The minimum absolute atomic E-state index is 0.247. The van der Waals surface area contributed by atoms with Crippen molar-refractivity contribution in [3.05, 3.63) is 72.2 Å². The van der Waals surface area contributed by atoms with Crippen LogP contribution in [0.5, 0.6) is 0 Å². The molecule has 0 aliphatic rings. The zero-order chi connectivity index (χ0) is 16.9. The first-order chi connectivity index (χ1) is 11.6. The Hall–Kier alpha value is -2.92. The fraction of sp³-hybridized carbons (Fsp3) is 0.0526. The van der Waals surface area contributed by atoms with Crippen LogP contribution in [0.15, 0.2) is 65.1 Å². The Morgan fingerprint density at radius 2 is 1.88 bits per heavy atom. The first-order valence-electron chi connectivity index (χ1n) is 7.46. The van der Waals surface area contributed by atoms with Gasteiger partial charge in [-0.2, -0.15) is 0 Å². The molecule has 0 bridgehead atoms. The molecule has 0 aliphatic carbocycles. The van der Waals surface area contributed by atoms with E-state index in [0.29, 0.717) is 5.76 Å². The quantitative estimate of drug-likeness (QED) is 0.554. The van der Waals surface area contributed by atoms with Gasteiger partial charge in [0.2, 0.25) is 5.91 Å². The first kappa shape index (κ1) is 16.0. The van der Waals surface area contributed by atoms with E-state index >= 15 is 0 Å². The second-order valence-corrected chi connectivity index (χ2v) is 5.66. The molecular formula is C19H16N2O2S. The van der Waals surface area contributed by atoms with Crippen molar-refractivity contribution in [2.75, 3.05) is 5.32 Å². The fourth-order valence-electron chi connectivity index (χ4n) is 2.34. The lowest BCUT2D eigenvalue weighted by Gasteiger charge is -2.10. The molecule has 1 heterocycles. The van der Waals surface area contributed by atoms with E-state index < -0.39 is 0 Å². The summed E-state index contributed by atoms with van der Waals surface area (Å²) in [6.45, 7) is 1.85. The van der Waals surface area contributed by atoms with E-state index in [0.717, 1.165) is 22.2 Å². The fourth-order valence-corrected chi connectivity index (χ4v) is 2.55. The summed E-state index contributed by atoms with van der Waals surface area (Å²) in [7, 11) is 0. The Balaban J connectivity index is 1.64. The maximum absolute atomic E-state index is 11.9. The topological polar surface area (TPSA) is 54.3 Å². The molecule has 0 radical (unpaired) electrons. The van der Waals surface area contributed by atoms with Crippen LogP contribution in [0.1, 0.15) is 11.5 Å². The molecule has 0 saturated carbocycles. The number of rotatable bonds is 3. The molecule has 120 valence electrons. The average Bonchev–Trinajstić information content (AvgIpc) is 2.99. The second kappa shape index (κ2) is 7.10. The summed E-state index contributed by atoms with van der Waals surface area (Å²) in [5, 5.41) is 8.07. The van der Waals surface area contributed by atoms with Crippen molar-refractivity contribution in [3.63, 3.8) is 0 Å². The molecule has 24 heavy (non-hydrogen) atoms. The van der Waals surface area contributed by atoms with Crippen LogP contribution in [0.3, 0.4) is 0 Å². The molecule has 2 aromatic carbocycles. The van der Waals surface area contributed by atoms with Gasteiger partial charge in [-0.25, -0.2) is 0 Å². The predicted molar refractivity (Wildman–Crippen MR) is 101 cm³/mol. The number of hydrogen-bond acceptors (Lipinski definition) is 3. The van der Waals surface area contributed by atoms with Crippen LogP contribution < -0.4 is 10.6 Å². The van der Waals surface area contributed by atoms with Crippen molar-refractivity contribution in [2.45, 2.75) is 6.92 Å². The molecule has 0 saturated heterocycles. The van der Waals surface area contributed by atoms with Crippen LogP contribution in [0, 0.1) is 6.92 Å². The Morgan fingerprint density at radius 1 is 1.08 bits per heavy atom. The molecule has 5 heteroatoms. The van der Waals surface area contributed by atoms with E-state index in [9.17, 15) is 4.79 Å². The molecule has 0 spiro atoms. The summed E-state index contributed by atoms with van der Waals surface area (Å²) < 4.78 is 5.37. The smallest absolute Gasteiger partial charge is 0.250 e. The number of furan rings is 1. The summed E-state index contributed by atoms with van der Waals surface area (Å²) in [5.74, 6) is 1.10. The highest BCUT2D eigenvalue weighted by molar-refractivity contribution is 7.80. The Bertz CT molecular complexity index is 923. The number of nitrogens with one attached hydrogen (secondary N) is 2. The highest BCUT2D eigenvalue weighted by Gasteiger charge is 2.05. The van der Waals surface area contributed by atoms with Crippen LogP contribution in [0.4, 0.5) is 5.69 Å². The highest BCUT2D eigenvalue weighted by atomic mass is 32.1. The molecular weight excluding hydrogens is 320 g/mol. The number of carbonyl (C=O) groups is 1.